The van der Waals surface area contributed by atoms with E-state index < -0.39 is 22.9 Å². The fourth-order valence-corrected chi connectivity index (χ4v) is 4.71. The number of benzene rings is 2. The third-order valence-electron chi connectivity index (χ3n) is 4.58. The molecule has 2 aromatic rings. The Morgan fingerprint density at radius 3 is 2.29 bits per heavy atom. The van der Waals surface area contributed by atoms with Crippen molar-refractivity contribution in [2.24, 2.45) is 0 Å². The highest BCUT2D eigenvalue weighted by Crippen LogP contribution is 2.38. The van der Waals surface area contributed by atoms with Crippen molar-refractivity contribution in [3.8, 4) is 0 Å². The van der Waals surface area contributed by atoms with Gasteiger partial charge in [0.1, 0.15) is 16.7 Å². The zero-order valence-electron chi connectivity index (χ0n) is 16.9. The van der Waals surface area contributed by atoms with Crippen LogP contribution in [0.1, 0.15) is 37.8 Å². The van der Waals surface area contributed by atoms with Gasteiger partial charge in [0, 0.05) is 33.8 Å². The topological polar surface area (TPSA) is 32.3 Å². The Morgan fingerprint density at radius 2 is 1.71 bits per heavy atom. The summed E-state index contributed by atoms with van der Waals surface area (Å²) in [6.07, 6.45) is -0.824. The van der Waals surface area contributed by atoms with Crippen molar-refractivity contribution in [3.05, 3.63) is 63.1 Å². The fourth-order valence-electron chi connectivity index (χ4n) is 3.33. The van der Waals surface area contributed by atoms with Crippen molar-refractivity contribution < 1.29 is 17.4 Å². The van der Waals surface area contributed by atoms with Gasteiger partial charge in [0.2, 0.25) is 0 Å². The van der Waals surface area contributed by atoms with E-state index >= 15 is 0 Å². The molecule has 0 bridgehead atoms. The predicted molar refractivity (Wildman–Crippen MR) is 125 cm³/mol. The Balaban J connectivity index is 0.000000291. The van der Waals surface area contributed by atoms with Crippen LogP contribution in [0.25, 0.3) is 0 Å². The van der Waals surface area contributed by atoms with Crippen LogP contribution in [0.15, 0.2) is 42.5 Å². The van der Waals surface area contributed by atoms with Crippen LogP contribution >= 0.6 is 34.8 Å². The summed E-state index contributed by atoms with van der Waals surface area (Å²) in [6.45, 7) is 2.90. The van der Waals surface area contributed by atoms with Crippen molar-refractivity contribution in [1.29, 1.82) is 0 Å². The molecule has 0 saturated carbocycles. The first kappa shape index (κ1) is 26.3. The number of rotatable bonds is 5. The van der Waals surface area contributed by atoms with Crippen LogP contribution in [0, 0.1) is 0 Å². The number of anilines is 1. The van der Waals surface area contributed by atoms with Crippen LogP contribution in [0.4, 0.5) is 18.9 Å². The highest BCUT2D eigenvalue weighted by Gasteiger charge is 2.30. The van der Waals surface area contributed by atoms with Crippen LogP contribution in [0.2, 0.25) is 15.1 Å². The molecule has 1 heterocycles. The quantitative estimate of drug-likeness (QED) is 0.457. The summed E-state index contributed by atoms with van der Waals surface area (Å²) in [5.74, 6) is -1.28. The van der Waals surface area contributed by atoms with Crippen LogP contribution < -0.4 is 9.62 Å². The number of nitrogens with one attached hydrogen (secondary N) is 1. The Kier molecular flexibility index (Phi) is 10.4. The average Bonchev–Trinajstić information content (AvgIpc) is 2.68. The van der Waals surface area contributed by atoms with E-state index in [1.807, 2.05) is 30.3 Å². The number of alkyl halides is 3. The lowest BCUT2D eigenvalue weighted by molar-refractivity contribution is -0.105. The Morgan fingerprint density at radius 1 is 1.06 bits per heavy atom. The van der Waals surface area contributed by atoms with Crippen LogP contribution in [0.3, 0.4) is 0 Å². The van der Waals surface area contributed by atoms with Gasteiger partial charge in [0.05, 0.1) is 6.04 Å². The number of hydrogen-bond acceptors (Lipinski definition) is 2. The van der Waals surface area contributed by atoms with E-state index in [0.717, 1.165) is 28.6 Å². The third-order valence-corrected chi connectivity index (χ3v) is 6.60. The van der Waals surface area contributed by atoms with Crippen LogP contribution in [-0.4, -0.2) is 29.2 Å². The molecular weight excluding hydrogens is 492 g/mol. The lowest BCUT2D eigenvalue weighted by Crippen LogP contribution is -2.33. The summed E-state index contributed by atoms with van der Waals surface area (Å²) >= 11 is 18.4. The van der Waals surface area contributed by atoms with Crippen molar-refractivity contribution >= 4 is 51.5 Å². The third kappa shape index (κ3) is 8.81. The van der Waals surface area contributed by atoms with Gasteiger partial charge in [0.15, 0.2) is 0 Å². The smallest absolute Gasteiger partial charge is 0.364 e. The minimum Gasteiger partial charge on any atom is -0.364 e. The molecular formula is C21H24Cl3F3N2OS. The van der Waals surface area contributed by atoms with Gasteiger partial charge in [-0.1, -0.05) is 47.8 Å². The van der Waals surface area contributed by atoms with Crippen molar-refractivity contribution in [3.63, 3.8) is 0 Å². The van der Waals surface area contributed by atoms with E-state index in [0.29, 0.717) is 11.1 Å². The van der Waals surface area contributed by atoms with Gasteiger partial charge in [-0.2, -0.15) is 13.2 Å². The summed E-state index contributed by atoms with van der Waals surface area (Å²) in [5, 5.41) is 2.18. The molecule has 0 aliphatic carbocycles. The normalized spacial score (nSPS) is 17.6. The van der Waals surface area contributed by atoms with E-state index in [4.69, 9.17) is 34.8 Å². The van der Waals surface area contributed by atoms with E-state index in [1.54, 1.807) is 6.92 Å². The molecule has 0 aromatic heterocycles. The minimum atomic E-state index is -4.34. The molecule has 1 N–H and O–H groups in total. The van der Waals surface area contributed by atoms with E-state index in [-0.39, 0.29) is 6.54 Å². The molecule has 1 aliphatic heterocycles. The van der Waals surface area contributed by atoms with Crippen molar-refractivity contribution in [1.82, 2.24) is 4.72 Å². The fraction of sp³-hybridized carbons (Fsp3) is 0.429. The molecule has 2 unspecified atom stereocenters. The lowest BCUT2D eigenvalue weighted by Gasteiger charge is -2.38. The molecule has 2 aromatic carbocycles. The van der Waals surface area contributed by atoms with Gasteiger partial charge in [-0.15, -0.1) is 0 Å². The number of hydrogen-bond donors (Lipinski definition) is 1. The second-order valence-corrected chi connectivity index (χ2v) is 9.50. The van der Waals surface area contributed by atoms with E-state index in [9.17, 15) is 17.4 Å². The highest BCUT2D eigenvalue weighted by atomic mass is 35.5. The Labute approximate surface area is 198 Å². The molecule has 0 spiro atoms. The van der Waals surface area contributed by atoms with Crippen molar-refractivity contribution in [2.75, 3.05) is 23.7 Å². The summed E-state index contributed by atoms with van der Waals surface area (Å²) < 4.78 is 46.7. The van der Waals surface area contributed by atoms with Crippen molar-refractivity contribution in [2.45, 2.75) is 38.4 Å². The first-order chi connectivity index (χ1) is 14.6. The predicted octanol–water partition coefficient (Wildman–Crippen LogP) is 7.20. The zero-order chi connectivity index (χ0) is 23.0. The number of nitrogens with zero attached hydrogens (tertiary/aromatic N) is 1. The monoisotopic (exact) mass is 514 g/mol. The second kappa shape index (κ2) is 12.3. The zero-order valence-corrected chi connectivity index (χ0v) is 20.0. The number of piperidine rings is 1. The van der Waals surface area contributed by atoms with Gasteiger partial charge in [-0.05, 0) is 61.2 Å². The molecule has 3 rings (SSSR count). The highest BCUT2D eigenvalue weighted by molar-refractivity contribution is 7.83. The maximum Gasteiger partial charge on any atom is 0.401 e. The van der Waals surface area contributed by atoms with Gasteiger partial charge in [-0.25, -0.2) is 8.93 Å². The number of halogens is 6. The molecule has 172 valence electrons. The van der Waals surface area contributed by atoms with Gasteiger partial charge in [-0.3, -0.25) is 0 Å². The Bertz CT molecular complexity index is 866. The van der Waals surface area contributed by atoms with Gasteiger partial charge >= 0.3 is 6.18 Å². The van der Waals surface area contributed by atoms with Gasteiger partial charge in [0.25, 0.3) is 0 Å². The molecule has 2 atom stereocenters. The molecule has 3 nitrogen and oxygen atoms in total. The summed E-state index contributed by atoms with van der Waals surface area (Å²) in [5.41, 5.74) is 2.34. The standard InChI is InChI=1S/C17H16Cl3N.C4H8F3NOS/c18-12-4-7-14(8-5-12)21-10-2-1-3-17(21)15-9-6-13(19)11-16(15)20;1-2-8-10(9)3-4(5,6)7/h4-9,11,17H,1-3,10H2;8H,2-3H2,1H3. The SMILES string of the molecule is CCNS(=O)CC(F)(F)F.Clc1ccc(N2CCCCC2c2ccc(Cl)cc2Cl)cc1. The maximum absolute atomic E-state index is 11.4. The maximum atomic E-state index is 11.4. The first-order valence-electron chi connectivity index (χ1n) is 9.76. The molecule has 31 heavy (non-hydrogen) atoms. The van der Waals surface area contributed by atoms with Crippen LogP contribution in [0.5, 0.6) is 0 Å². The largest absolute Gasteiger partial charge is 0.401 e. The summed E-state index contributed by atoms with van der Waals surface area (Å²) in [6, 6.07) is 14.1. The minimum absolute atomic E-state index is 0.280. The molecule has 1 fully saturated rings. The molecule has 0 amide bonds. The lowest BCUT2D eigenvalue weighted by atomic mass is 9.94. The first-order valence-corrected chi connectivity index (χ1v) is 12.2. The molecule has 10 heteroatoms. The molecule has 1 aliphatic rings. The second-order valence-electron chi connectivity index (χ2n) is 6.95. The van der Waals surface area contributed by atoms with E-state index in [1.165, 1.54) is 18.5 Å². The average molecular weight is 516 g/mol. The summed E-state index contributed by atoms with van der Waals surface area (Å²) in [4.78, 5) is 2.41. The molecule has 0 radical (unpaired) electrons. The van der Waals surface area contributed by atoms with Crippen LogP contribution in [-0.2, 0) is 11.0 Å². The Hall–Kier alpha value is -0.990. The summed E-state index contributed by atoms with van der Waals surface area (Å²) in [7, 11) is -1.96. The van der Waals surface area contributed by atoms with Gasteiger partial charge < -0.3 is 4.90 Å². The molecule has 1 saturated heterocycles. The van der Waals surface area contributed by atoms with E-state index in [2.05, 4.69) is 21.8 Å².